The third-order valence-electron chi connectivity index (χ3n) is 1.95. The lowest BCUT2D eigenvalue weighted by molar-refractivity contribution is -0.142. The van der Waals surface area contributed by atoms with Crippen LogP contribution in [-0.4, -0.2) is 32.1 Å². The van der Waals surface area contributed by atoms with Crippen LogP contribution in [0.1, 0.15) is 32.5 Å². The molecule has 0 fully saturated rings. The Morgan fingerprint density at radius 2 is 1.50 bits per heavy atom. The highest BCUT2D eigenvalue weighted by Crippen LogP contribution is 2.24. The van der Waals surface area contributed by atoms with Gasteiger partial charge in [-0.3, -0.25) is 9.59 Å². The van der Waals surface area contributed by atoms with Crippen LogP contribution in [0.2, 0.25) is 0 Å². The van der Waals surface area contributed by atoms with Crippen LogP contribution in [0, 0.1) is 12.3 Å². The zero-order chi connectivity index (χ0) is 14.2. The van der Waals surface area contributed by atoms with E-state index < -0.39 is 17.4 Å². The first-order chi connectivity index (χ1) is 8.23. The standard InChI is InChI=1S/C7H12O4.C5H6N2/c1-7(2,3-5(8)9)4-6(10)11;1-5-6-3-2-4-7-5/h3-4H2,1-2H3,(H,8,9)(H,10,11);2-4H,1H3. The lowest BCUT2D eigenvalue weighted by Crippen LogP contribution is -2.20. The Balaban J connectivity index is 0.000000351. The van der Waals surface area contributed by atoms with E-state index in [9.17, 15) is 9.59 Å². The van der Waals surface area contributed by atoms with Gasteiger partial charge in [-0.05, 0) is 18.4 Å². The van der Waals surface area contributed by atoms with Crippen LogP contribution in [0.15, 0.2) is 18.5 Å². The highest BCUT2D eigenvalue weighted by Gasteiger charge is 2.24. The Morgan fingerprint density at radius 1 is 1.11 bits per heavy atom. The lowest BCUT2D eigenvalue weighted by Gasteiger charge is -2.18. The fourth-order valence-corrected chi connectivity index (χ4v) is 1.25. The molecule has 0 atom stereocenters. The first-order valence-electron chi connectivity index (χ1n) is 5.40. The number of aromatic nitrogens is 2. The largest absolute Gasteiger partial charge is 0.481 e. The molecule has 0 spiro atoms. The summed E-state index contributed by atoms with van der Waals surface area (Å²) < 4.78 is 0. The maximum atomic E-state index is 10.2. The quantitative estimate of drug-likeness (QED) is 0.848. The summed E-state index contributed by atoms with van der Waals surface area (Å²) in [6, 6.07) is 1.80. The van der Waals surface area contributed by atoms with Gasteiger partial charge in [0, 0.05) is 12.4 Å². The van der Waals surface area contributed by atoms with Crippen molar-refractivity contribution < 1.29 is 19.8 Å². The fraction of sp³-hybridized carbons (Fsp3) is 0.500. The number of rotatable bonds is 4. The minimum atomic E-state index is -0.962. The van der Waals surface area contributed by atoms with Crippen molar-refractivity contribution in [3.8, 4) is 0 Å². The Hall–Kier alpha value is -1.98. The van der Waals surface area contributed by atoms with Crippen LogP contribution >= 0.6 is 0 Å². The second-order valence-corrected chi connectivity index (χ2v) is 4.60. The smallest absolute Gasteiger partial charge is 0.303 e. The van der Waals surface area contributed by atoms with E-state index in [0.29, 0.717) is 0 Å². The van der Waals surface area contributed by atoms with E-state index >= 15 is 0 Å². The maximum absolute atomic E-state index is 10.2. The number of aryl methyl sites for hydroxylation is 1. The molecule has 0 aliphatic heterocycles. The molecule has 0 saturated carbocycles. The topological polar surface area (TPSA) is 100 Å². The van der Waals surface area contributed by atoms with Crippen LogP contribution in [0.4, 0.5) is 0 Å². The summed E-state index contributed by atoms with van der Waals surface area (Å²) in [5.41, 5.74) is -0.655. The van der Waals surface area contributed by atoms with Crippen LogP contribution in [0.3, 0.4) is 0 Å². The molecule has 1 heterocycles. The molecule has 1 rings (SSSR count). The third-order valence-corrected chi connectivity index (χ3v) is 1.95. The lowest BCUT2D eigenvalue weighted by atomic mass is 9.86. The van der Waals surface area contributed by atoms with Gasteiger partial charge in [-0.25, -0.2) is 9.97 Å². The Kier molecular flexibility index (Phi) is 6.56. The second kappa shape index (κ2) is 7.37. The van der Waals surface area contributed by atoms with Gasteiger partial charge in [-0.1, -0.05) is 13.8 Å². The van der Waals surface area contributed by atoms with E-state index in [4.69, 9.17) is 10.2 Å². The van der Waals surface area contributed by atoms with Crippen molar-refractivity contribution in [1.29, 1.82) is 0 Å². The summed E-state index contributed by atoms with van der Waals surface area (Å²) in [5.74, 6) is -1.10. The molecule has 0 aliphatic carbocycles. The molecule has 0 aliphatic rings. The van der Waals surface area contributed by atoms with Gasteiger partial charge in [0.25, 0.3) is 0 Å². The molecular weight excluding hydrogens is 236 g/mol. The Labute approximate surface area is 106 Å². The van der Waals surface area contributed by atoms with Gasteiger partial charge in [-0.2, -0.15) is 0 Å². The summed E-state index contributed by atoms with van der Waals surface area (Å²) in [4.78, 5) is 28.1. The molecule has 2 N–H and O–H groups in total. The average molecular weight is 254 g/mol. The van der Waals surface area contributed by atoms with Crippen molar-refractivity contribution in [2.24, 2.45) is 5.41 Å². The molecule has 18 heavy (non-hydrogen) atoms. The van der Waals surface area contributed by atoms with Crippen molar-refractivity contribution in [1.82, 2.24) is 9.97 Å². The molecule has 0 amide bonds. The van der Waals surface area contributed by atoms with Gasteiger partial charge < -0.3 is 10.2 Å². The average Bonchev–Trinajstić information content (AvgIpc) is 2.14. The van der Waals surface area contributed by atoms with E-state index in [1.165, 1.54) is 0 Å². The predicted octanol–water partition coefficient (Wildman–Crippen LogP) is 1.75. The van der Waals surface area contributed by atoms with Crippen molar-refractivity contribution >= 4 is 11.9 Å². The van der Waals surface area contributed by atoms with Crippen molar-refractivity contribution in [2.75, 3.05) is 0 Å². The van der Waals surface area contributed by atoms with Crippen LogP contribution in [0.5, 0.6) is 0 Å². The summed E-state index contributed by atoms with van der Waals surface area (Å²) in [7, 11) is 0. The third kappa shape index (κ3) is 9.26. The minimum absolute atomic E-state index is 0.112. The van der Waals surface area contributed by atoms with Crippen LogP contribution in [-0.2, 0) is 9.59 Å². The highest BCUT2D eigenvalue weighted by molar-refractivity contribution is 5.71. The summed E-state index contributed by atoms with van der Waals surface area (Å²) in [6.45, 7) is 5.10. The van der Waals surface area contributed by atoms with Crippen LogP contribution < -0.4 is 0 Å². The second-order valence-electron chi connectivity index (χ2n) is 4.60. The molecule has 0 aromatic carbocycles. The van der Waals surface area contributed by atoms with Crippen molar-refractivity contribution in [3.05, 3.63) is 24.3 Å². The summed E-state index contributed by atoms with van der Waals surface area (Å²) in [6.07, 6.45) is 3.23. The van der Waals surface area contributed by atoms with Gasteiger partial charge in [0.2, 0.25) is 0 Å². The molecule has 0 bridgehead atoms. The van der Waals surface area contributed by atoms with Gasteiger partial charge in [0.15, 0.2) is 0 Å². The molecule has 1 aromatic heterocycles. The number of carbonyl (C=O) groups is 2. The number of aliphatic carboxylic acids is 2. The Morgan fingerprint density at radius 3 is 1.72 bits per heavy atom. The summed E-state index contributed by atoms with van der Waals surface area (Å²) >= 11 is 0. The first kappa shape index (κ1) is 16.0. The monoisotopic (exact) mass is 254 g/mol. The molecule has 0 unspecified atom stereocenters. The van der Waals surface area contributed by atoms with Crippen molar-refractivity contribution in [2.45, 2.75) is 33.6 Å². The normalized spacial score (nSPS) is 10.2. The van der Waals surface area contributed by atoms with Gasteiger partial charge in [0.05, 0.1) is 12.8 Å². The van der Waals surface area contributed by atoms with Gasteiger partial charge in [0.1, 0.15) is 5.82 Å². The SMILES string of the molecule is CC(C)(CC(=O)O)CC(=O)O.Cc1ncccn1. The zero-order valence-electron chi connectivity index (χ0n) is 10.8. The minimum Gasteiger partial charge on any atom is -0.481 e. The van der Waals surface area contributed by atoms with Crippen molar-refractivity contribution in [3.63, 3.8) is 0 Å². The predicted molar refractivity (Wildman–Crippen MR) is 65.1 cm³/mol. The number of hydrogen-bond acceptors (Lipinski definition) is 4. The molecule has 100 valence electrons. The van der Waals surface area contributed by atoms with E-state index in [2.05, 4.69) is 9.97 Å². The maximum Gasteiger partial charge on any atom is 0.303 e. The van der Waals surface area contributed by atoms with E-state index in [1.54, 1.807) is 32.3 Å². The van der Waals surface area contributed by atoms with Gasteiger partial charge >= 0.3 is 11.9 Å². The highest BCUT2D eigenvalue weighted by atomic mass is 16.4. The van der Waals surface area contributed by atoms with E-state index in [0.717, 1.165) is 5.82 Å². The number of nitrogens with zero attached hydrogens (tertiary/aromatic N) is 2. The van der Waals surface area contributed by atoms with E-state index in [-0.39, 0.29) is 12.8 Å². The number of carboxylic acids is 2. The molecule has 1 aromatic rings. The first-order valence-corrected chi connectivity index (χ1v) is 5.40. The molecule has 0 saturated heterocycles. The Bertz CT molecular complexity index is 372. The fourth-order valence-electron chi connectivity index (χ4n) is 1.25. The number of carboxylic acid groups (broad SMARTS) is 2. The molecule has 0 radical (unpaired) electrons. The van der Waals surface area contributed by atoms with E-state index in [1.807, 2.05) is 6.92 Å². The van der Waals surface area contributed by atoms with Crippen LogP contribution in [0.25, 0.3) is 0 Å². The summed E-state index contributed by atoms with van der Waals surface area (Å²) in [5, 5.41) is 16.7. The zero-order valence-corrected chi connectivity index (χ0v) is 10.8. The van der Waals surface area contributed by atoms with Gasteiger partial charge in [-0.15, -0.1) is 0 Å². The number of hydrogen-bond donors (Lipinski definition) is 2. The molecular formula is C12H18N2O4. The molecule has 6 nitrogen and oxygen atoms in total. The molecule has 6 heteroatoms.